The van der Waals surface area contributed by atoms with E-state index in [1.54, 1.807) is 6.07 Å². The lowest BCUT2D eigenvalue weighted by atomic mass is 10.0. The molecule has 2 rings (SSSR count). The van der Waals surface area contributed by atoms with Crippen molar-refractivity contribution in [2.75, 3.05) is 11.4 Å². The standard InChI is InChI=1S/C18H23FN2/c1-4-21(17-10-6-5-8-13(17)2)18-11-7-9-16(19)15(18)12-14(3)20/h5-11,14H,4,12,20H2,1-3H3. The molecule has 21 heavy (non-hydrogen) atoms. The first-order chi connectivity index (χ1) is 10.0. The minimum absolute atomic E-state index is 0.0729. The number of nitrogens with zero attached hydrogens (tertiary/aromatic N) is 1. The minimum Gasteiger partial charge on any atom is -0.341 e. The van der Waals surface area contributed by atoms with E-state index in [0.29, 0.717) is 12.0 Å². The second kappa shape index (κ2) is 6.72. The van der Waals surface area contributed by atoms with Gasteiger partial charge in [-0.3, -0.25) is 0 Å². The molecule has 0 heterocycles. The number of anilines is 2. The molecule has 0 aromatic heterocycles. The monoisotopic (exact) mass is 286 g/mol. The van der Waals surface area contributed by atoms with Crippen LogP contribution in [0.5, 0.6) is 0 Å². The molecule has 1 atom stereocenters. The van der Waals surface area contributed by atoms with E-state index in [4.69, 9.17) is 5.73 Å². The molecule has 2 N–H and O–H groups in total. The topological polar surface area (TPSA) is 29.3 Å². The van der Waals surface area contributed by atoms with E-state index in [1.807, 2.05) is 25.1 Å². The summed E-state index contributed by atoms with van der Waals surface area (Å²) in [4.78, 5) is 2.15. The van der Waals surface area contributed by atoms with E-state index in [9.17, 15) is 4.39 Å². The summed E-state index contributed by atoms with van der Waals surface area (Å²) in [6, 6.07) is 13.3. The molecule has 2 aromatic rings. The van der Waals surface area contributed by atoms with Gasteiger partial charge in [-0.25, -0.2) is 4.39 Å². The third-order valence-electron chi connectivity index (χ3n) is 3.63. The van der Waals surface area contributed by atoms with Crippen LogP contribution in [0.4, 0.5) is 15.8 Å². The van der Waals surface area contributed by atoms with Gasteiger partial charge in [-0.1, -0.05) is 24.3 Å². The smallest absolute Gasteiger partial charge is 0.128 e. The number of para-hydroxylation sites is 1. The fraction of sp³-hybridized carbons (Fsp3) is 0.333. The largest absolute Gasteiger partial charge is 0.341 e. The summed E-state index contributed by atoms with van der Waals surface area (Å²) in [5.74, 6) is -0.183. The predicted octanol–water partition coefficient (Wildman–Crippen LogP) is 4.18. The number of aryl methyl sites for hydroxylation is 1. The molecule has 112 valence electrons. The van der Waals surface area contributed by atoms with Crippen molar-refractivity contribution in [2.45, 2.75) is 33.2 Å². The van der Waals surface area contributed by atoms with Crippen molar-refractivity contribution in [2.24, 2.45) is 5.73 Å². The maximum absolute atomic E-state index is 14.2. The van der Waals surface area contributed by atoms with Crippen LogP contribution in [-0.2, 0) is 6.42 Å². The number of hydrogen-bond acceptors (Lipinski definition) is 2. The summed E-state index contributed by atoms with van der Waals surface area (Å²) in [7, 11) is 0. The van der Waals surface area contributed by atoms with Crippen LogP contribution in [0.3, 0.4) is 0 Å². The number of hydrogen-bond donors (Lipinski definition) is 1. The number of halogens is 1. The van der Waals surface area contributed by atoms with Gasteiger partial charge in [-0.05, 0) is 51.0 Å². The molecule has 0 spiro atoms. The average Bonchev–Trinajstić information content (AvgIpc) is 2.44. The highest BCUT2D eigenvalue weighted by atomic mass is 19.1. The Hall–Kier alpha value is -1.87. The van der Waals surface area contributed by atoms with Gasteiger partial charge in [-0.15, -0.1) is 0 Å². The first kappa shape index (κ1) is 15.5. The predicted molar refractivity (Wildman–Crippen MR) is 87.6 cm³/mol. The molecule has 0 aliphatic rings. The molecule has 3 heteroatoms. The van der Waals surface area contributed by atoms with Gasteiger partial charge >= 0.3 is 0 Å². The van der Waals surface area contributed by atoms with Gasteiger partial charge in [-0.2, -0.15) is 0 Å². The van der Waals surface area contributed by atoms with Crippen LogP contribution in [-0.4, -0.2) is 12.6 Å². The number of rotatable bonds is 5. The fourth-order valence-corrected chi connectivity index (χ4v) is 2.66. The summed E-state index contributed by atoms with van der Waals surface area (Å²) in [6.07, 6.45) is 0.532. The minimum atomic E-state index is -0.183. The van der Waals surface area contributed by atoms with E-state index in [1.165, 1.54) is 11.6 Å². The van der Waals surface area contributed by atoms with Crippen LogP contribution < -0.4 is 10.6 Å². The Balaban J connectivity index is 2.53. The molecule has 0 saturated carbocycles. The Kier molecular flexibility index (Phi) is 4.97. The van der Waals surface area contributed by atoms with Crippen LogP contribution >= 0.6 is 0 Å². The van der Waals surface area contributed by atoms with E-state index in [0.717, 1.165) is 17.9 Å². The second-order valence-corrected chi connectivity index (χ2v) is 5.45. The van der Waals surface area contributed by atoms with E-state index in [-0.39, 0.29) is 11.9 Å². The highest BCUT2D eigenvalue weighted by Gasteiger charge is 2.17. The summed E-state index contributed by atoms with van der Waals surface area (Å²) in [5, 5.41) is 0. The van der Waals surface area contributed by atoms with Crippen LogP contribution in [0, 0.1) is 12.7 Å². The van der Waals surface area contributed by atoms with Crippen molar-refractivity contribution in [1.29, 1.82) is 0 Å². The summed E-state index contributed by atoms with van der Waals surface area (Å²) < 4.78 is 14.2. The van der Waals surface area contributed by atoms with Gasteiger partial charge in [0.2, 0.25) is 0 Å². The van der Waals surface area contributed by atoms with Crippen LogP contribution in [0.25, 0.3) is 0 Å². The maximum Gasteiger partial charge on any atom is 0.128 e. The third-order valence-corrected chi connectivity index (χ3v) is 3.63. The quantitative estimate of drug-likeness (QED) is 0.893. The van der Waals surface area contributed by atoms with Crippen molar-refractivity contribution >= 4 is 11.4 Å². The molecule has 1 unspecified atom stereocenters. The Labute approximate surface area is 126 Å². The molecule has 2 nitrogen and oxygen atoms in total. The van der Waals surface area contributed by atoms with Gasteiger partial charge in [0, 0.05) is 29.5 Å². The molecule has 0 radical (unpaired) electrons. The van der Waals surface area contributed by atoms with Gasteiger partial charge in [0.05, 0.1) is 0 Å². The lowest BCUT2D eigenvalue weighted by Crippen LogP contribution is -2.23. The molecular formula is C18H23FN2. The van der Waals surface area contributed by atoms with Crippen LogP contribution in [0.1, 0.15) is 25.0 Å². The van der Waals surface area contributed by atoms with E-state index >= 15 is 0 Å². The van der Waals surface area contributed by atoms with Gasteiger partial charge in [0.15, 0.2) is 0 Å². The zero-order valence-corrected chi connectivity index (χ0v) is 12.9. The molecular weight excluding hydrogens is 263 g/mol. The zero-order valence-electron chi connectivity index (χ0n) is 12.9. The van der Waals surface area contributed by atoms with Gasteiger partial charge in [0.1, 0.15) is 5.82 Å². The normalized spacial score (nSPS) is 12.2. The highest BCUT2D eigenvalue weighted by molar-refractivity contribution is 5.69. The Bertz CT molecular complexity index is 608. The van der Waals surface area contributed by atoms with Gasteiger partial charge in [0.25, 0.3) is 0 Å². The molecule has 0 aliphatic heterocycles. The van der Waals surface area contributed by atoms with E-state index < -0.39 is 0 Å². The number of benzene rings is 2. The van der Waals surface area contributed by atoms with Crippen molar-refractivity contribution < 1.29 is 4.39 Å². The first-order valence-corrected chi connectivity index (χ1v) is 7.40. The Morgan fingerprint density at radius 3 is 2.38 bits per heavy atom. The molecule has 0 aliphatic carbocycles. The Morgan fingerprint density at radius 2 is 1.76 bits per heavy atom. The zero-order chi connectivity index (χ0) is 15.4. The van der Waals surface area contributed by atoms with Crippen molar-refractivity contribution in [3.63, 3.8) is 0 Å². The maximum atomic E-state index is 14.2. The Morgan fingerprint density at radius 1 is 1.10 bits per heavy atom. The lowest BCUT2D eigenvalue weighted by Gasteiger charge is -2.28. The summed E-state index contributed by atoms with van der Waals surface area (Å²) in [6.45, 7) is 6.83. The molecule has 0 saturated heterocycles. The molecule has 0 bridgehead atoms. The van der Waals surface area contributed by atoms with Crippen LogP contribution in [0.15, 0.2) is 42.5 Å². The van der Waals surface area contributed by atoms with Crippen molar-refractivity contribution in [3.8, 4) is 0 Å². The highest BCUT2D eigenvalue weighted by Crippen LogP contribution is 2.32. The number of nitrogens with two attached hydrogens (primary N) is 1. The SMILES string of the molecule is CCN(c1ccccc1C)c1cccc(F)c1CC(C)N. The third kappa shape index (κ3) is 3.42. The van der Waals surface area contributed by atoms with Crippen molar-refractivity contribution in [3.05, 3.63) is 59.4 Å². The van der Waals surface area contributed by atoms with Gasteiger partial charge < -0.3 is 10.6 Å². The fourth-order valence-electron chi connectivity index (χ4n) is 2.66. The van der Waals surface area contributed by atoms with Crippen molar-refractivity contribution in [1.82, 2.24) is 0 Å². The molecule has 2 aromatic carbocycles. The first-order valence-electron chi connectivity index (χ1n) is 7.40. The summed E-state index contributed by atoms with van der Waals surface area (Å²) in [5.41, 5.74) is 9.77. The molecule has 0 fully saturated rings. The molecule has 0 amide bonds. The lowest BCUT2D eigenvalue weighted by molar-refractivity contribution is 0.596. The van der Waals surface area contributed by atoms with E-state index in [2.05, 4.69) is 30.9 Å². The summed E-state index contributed by atoms with van der Waals surface area (Å²) >= 11 is 0. The second-order valence-electron chi connectivity index (χ2n) is 5.45. The van der Waals surface area contributed by atoms with Crippen LogP contribution in [0.2, 0.25) is 0 Å². The average molecular weight is 286 g/mol.